The lowest BCUT2D eigenvalue weighted by Gasteiger charge is -2.41. The minimum Gasteiger partial charge on any atom is -0.376 e. The monoisotopic (exact) mass is 581 g/mol. The molecule has 4 aliphatic rings. The lowest BCUT2D eigenvalue weighted by atomic mass is 9.91. The topological polar surface area (TPSA) is 83.5 Å². The Morgan fingerprint density at radius 2 is 1.35 bits per heavy atom. The fourth-order valence-corrected chi connectivity index (χ4v) is 8.83. The maximum atomic E-state index is 14.3. The first-order chi connectivity index (χ1) is 19.2. The minimum absolute atomic E-state index is 0.0906. The fourth-order valence-electron chi connectivity index (χ4n) is 6.21. The molecule has 2 aromatic carbocycles. The molecule has 3 fully saturated rings. The van der Waals surface area contributed by atoms with Crippen molar-refractivity contribution in [1.29, 1.82) is 0 Å². The number of hydrogen-bond donors (Lipinski definition) is 0. The van der Waals surface area contributed by atoms with Crippen LogP contribution in [-0.2, 0) is 33.7 Å². The highest BCUT2D eigenvalue weighted by Gasteiger charge is 2.64. The zero-order chi connectivity index (χ0) is 28.1. The van der Waals surface area contributed by atoms with Crippen molar-refractivity contribution in [2.45, 2.75) is 60.8 Å². The number of hydrogen-bond acceptors (Lipinski definition) is 7. The van der Waals surface area contributed by atoms with Gasteiger partial charge in [0.25, 0.3) is 0 Å². The fraction of sp³-hybridized carbons (Fsp3) is 0.500. The molecule has 216 valence electrons. The maximum absolute atomic E-state index is 14.3. The van der Waals surface area contributed by atoms with Crippen LogP contribution >= 0.6 is 0 Å². The second kappa shape index (κ2) is 10.8. The number of methoxy groups -OCH3 is 1. The number of ether oxygens (including phenoxy) is 5. The molecular formula is C28H30F3NO7S. The quantitative estimate of drug-likeness (QED) is 0.492. The van der Waals surface area contributed by atoms with Crippen LogP contribution in [0.3, 0.4) is 0 Å². The Hall–Kier alpha value is -2.32. The van der Waals surface area contributed by atoms with Crippen LogP contribution in [0.2, 0.25) is 0 Å². The van der Waals surface area contributed by atoms with Gasteiger partial charge in [0.15, 0.2) is 12.6 Å². The van der Waals surface area contributed by atoms with Gasteiger partial charge in [-0.25, -0.2) is 8.42 Å². The summed E-state index contributed by atoms with van der Waals surface area (Å²) < 4.78 is 102. The molecule has 3 heterocycles. The smallest absolute Gasteiger partial charge is 0.376 e. The van der Waals surface area contributed by atoms with Gasteiger partial charge in [-0.2, -0.15) is 17.5 Å². The molecule has 0 aromatic heterocycles. The van der Waals surface area contributed by atoms with Crippen molar-refractivity contribution >= 4 is 10.0 Å². The Bertz CT molecular complexity index is 1250. The Morgan fingerprint density at radius 3 is 1.80 bits per heavy atom. The van der Waals surface area contributed by atoms with Gasteiger partial charge in [0.05, 0.1) is 37.3 Å². The van der Waals surface area contributed by atoms with Crippen LogP contribution in [0.5, 0.6) is 0 Å². The summed E-state index contributed by atoms with van der Waals surface area (Å²) in [7, 11) is -3.43. The van der Waals surface area contributed by atoms with Crippen LogP contribution in [0.15, 0.2) is 72.8 Å². The van der Waals surface area contributed by atoms with Gasteiger partial charge in [-0.15, -0.1) is 0 Å². The van der Waals surface area contributed by atoms with Crippen LogP contribution in [0, 0.1) is 5.92 Å². The summed E-state index contributed by atoms with van der Waals surface area (Å²) in [6.07, 6.45) is -7.00. The lowest BCUT2D eigenvalue weighted by Crippen LogP contribution is -2.58. The Labute approximate surface area is 230 Å². The molecule has 6 rings (SSSR count). The van der Waals surface area contributed by atoms with Crippen molar-refractivity contribution in [3.63, 3.8) is 0 Å². The molecule has 9 atom stereocenters. The number of allylic oxidation sites excluding steroid dienone is 1. The van der Waals surface area contributed by atoms with Gasteiger partial charge < -0.3 is 23.7 Å². The first-order valence-electron chi connectivity index (χ1n) is 13.1. The zero-order valence-corrected chi connectivity index (χ0v) is 22.4. The molecule has 3 saturated heterocycles. The van der Waals surface area contributed by atoms with Gasteiger partial charge in [0.2, 0.25) is 10.0 Å². The summed E-state index contributed by atoms with van der Waals surface area (Å²) in [5.41, 5.74) is 1.47. The number of halogens is 3. The third kappa shape index (κ3) is 4.89. The van der Waals surface area contributed by atoms with Crippen LogP contribution in [-0.4, -0.2) is 74.9 Å². The summed E-state index contributed by atoms with van der Waals surface area (Å²) in [5, 5.41) is -1.89. The molecule has 0 saturated carbocycles. The van der Waals surface area contributed by atoms with Crippen LogP contribution in [0.25, 0.3) is 0 Å². The SMILES string of the molecule is CO[C@H]1C=CC[C@H](C(F)(F)F)[C@H]1S(=O)(=O)N1[C@H]2COC(c3ccccc3)O[C@H]2[C@@H]2OC(c3ccccc3)OC[C@@H]21. The molecule has 1 aliphatic carbocycles. The van der Waals surface area contributed by atoms with E-state index in [9.17, 15) is 21.6 Å². The normalized spacial score (nSPS) is 36.6. The lowest BCUT2D eigenvalue weighted by molar-refractivity contribution is -0.278. The van der Waals surface area contributed by atoms with Gasteiger partial charge >= 0.3 is 6.18 Å². The molecule has 0 bridgehead atoms. The summed E-state index contributed by atoms with van der Waals surface area (Å²) in [5.74, 6) is -2.14. The number of nitrogens with zero attached hydrogens (tertiary/aromatic N) is 1. The summed E-state index contributed by atoms with van der Waals surface area (Å²) >= 11 is 0. The number of rotatable bonds is 5. The second-order valence-corrected chi connectivity index (χ2v) is 12.3. The van der Waals surface area contributed by atoms with Crippen molar-refractivity contribution < 1.29 is 45.3 Å². The van der Waals surface area contributed by atoms with Gasteiger partial charge in [0.1, 0.15) is 17.5 Å². The van der Waals surface area contributed by atoms with Gasteiger partial charge in [-0.1, -0.05) is 72.8 Å². The number of alkyl halides is 3. The molecule has 3 aliphatic heterocycles. The average Bonchev–Trinajstić information content (AvgIpc) is 3.31. The van der Waals surface area contributed by atoms with Crippen molar-refractivity contribution in [2.75, 3.05) is 20.3 Å². The van der Waals surface area contributed by atoms with Crippen LogP contribution < -0.4 is 0 Å². The highest BCUT2D eigenvalue weighted by Crippen LogP contribution is 2.47. The van der Waals surface area contributed by atoms with E-state index in [4.69, 9.17) is 23.7 Å². The molecular weight excluding hydrogens is 551 g/mol. The van der Waals surface area contributed by atoms with E-state index in [0.717, 1.165) is 15.4 Å². The van der Waals surface area contributed by atoms with Crippen molar-refractivity contribution in [1.82, 2.24) is 4.31 Å². The van der Waals surface area contributed by atoms with Gasteiger partial charge in [0, 0.05) is 18.2 Å². The highest BCUT2D eigenvalue weighted by atomic mass is 32.2. The van der Waals surface area contributed by atoms with E-state index >= 15 is 0 Å². The Kier molecular flexibility index (Phi) is 7.53. The molecule has 0 spiro atoms. The largest absolute Gasteiger partial charge is 0.393 e. The minimum atomic E-state index is -4.76. The molecule has 0 amide bonds. The molecule has 2 unspecified atom stereocenters. The van der Waals surface area contributed by atoms with Crippen LogP contribution in [0.1, 0.15) is 30.1 Å². The summed E-state index contributed by atoms with van der Waals surface area (Å²) in [6.45, 7) is -0.181. The number of benzene rings is 2. The van der Waals surface area contributed by atoms with Crippen molar-refractivity contribution in [2.24, 2.45) is 5.92 Å². The molecule has 2 aromatic rings. The summed E-state index contributed by atoms with van der Waals surface area (Å²) in [6, 6.07) is 16.5. The predicted octanol–water partition coefficient (Wildman–Crippen LogP) is 4.12. The highest BCUT2D eigenvalue weighted by molar-refractivity contribution is 7.89. The van der Waals surface area contributed by atoms with E-state index in [1.54, 1.807) is 0 Å². The van der Waals surface area contributed by atoms with E-state index < -0.39 is 76.8 Å². The predicted molar refractivity (Wildman–Crippen MR) is 136 cm³/mol. The standard InChI is InChI=1S/C28H30F3NO7S/c1-35-22-14-8-13-19(28(29,30)31)25(22)40(33,34)32-20-15-36-26(17-9-4-2-5-10-17)38-23(20)24-21(32)16-37-27(39-24)18-11-6-3-7-12-18/h2-12,14,19-27H,13,15-16H2,1H3/t19-,20-,21-,22-,23+,24+,25+,26?,27?/m0/s1. The van der Waals surface area contributed by atoms with E-state index in [0.29, 0.717) is 0 Å². The third-order valence-electron chi connectivity index (χ3n) is 8.04. The second-order valence-electron chi connectivity index (χ2n) is 10.3. The molecule has 0 N–H and O–H groups in total. The molecule has 40 heavy (non-hydrogen) atoms. The summed E-state index contributed by atoms with van der Waals surface area (Å²) in [4.78, 5) is 0. The molecule has 12 heteroatoms. The molecule has 0 radical (unpaired) electrons. The van der Waals surface area contributed by atoms with E-state index in [-0.39, 0.29) is 13.2 Å². The van der Waals surface area contributed by atoms with E-state index in [1.807, 2.05) is 60.7 Å². The number of fused-ring (bicyclic) bond motifs is 3. The van der Waals surface area contributed by atoms with Crippen molar-refractivity contribution in [3.05, 3.63) is 83.9 Å². The maximum Gasteiger partial charge on any atom is 0.393 e. The van der Waals surface area contributed by atoms with Gasteiger partial charge in [-0.3, -0.25) is 0 Å². The third-order valence-corrected chi connectivity index (χ3v) is 10.5. The average molecular weight is 582 g/mol. The van der Waals surface area contributed by atoms with Gasteiger partial charge in [-0.05, 0) is 6.42 Å². The van der Waals surface area contributed by atoms with Crippen molar-refractivity contribution in [3.8, 4) is 0 Å². The van der Waals surface area contributed by atoms with E-state index in [2.05, 4.69) is 0 Å². The zero-order valence-electron chi connectivity index (χ0n) is 21.6. The first-order valence-corrected chi connectivity index (χ1v) is 14.6. The Morgan fingerprint density at radius 1 is 0.850 bits per heavy atom. The number of sulfonamides is 1. The molecule has 8 nitrogen and oxygen atoms in total. The first kappa shape index (κ1) is 27.8. The Balaban J connectivity index is 1.38. The van der Waals surface area contributed by atoms with Crippen LogP contribution in [0.4, 0.5) is 13.2 Å². The van der Waals surface area contributed by atoms with E-state index in [1.165, 1.54) is 19.3 Å².